The summed E-state index contributed by atoms with van der Waals surface area (Å²) in [6.45, 7) is 2.12. The molecule has 1 unspecified atom stereocenters. The fourth-order valence-corrected chi connectivity index (χ4v) is 2.84. The summed E-state index contributed by atoms with van der Waals surface area (Å²) in [5.74, 6) is -0.353. The number of aryl methyl sites for hydroxylation is 1. The quantitative estimate of drug-likeness (QED) is 0.904. The summed E-state index contributed by atoms with van der Waals surface area (Å²) in [7, 11) is 1.69. The van der Waals surface area contributed by atoms with Crippen molar-refractivity contribution in [3.63, 3.8) is 0 Å². The van der Waals surface area contributed by atoms with Crippen molar-refractivity contribution in [1.29, 1.82) is 0 Å². The van der Waals surface area contributed by atoms with Crippen molar-refractivity contribution >= 4 is 11.1 Å². The van der Waals surface area contributed by atoms with Crippen molar-refractivity contribution in [1.82, 2.24) is 9.47 Å². The number of oxazole rings is 1. The van der Waals surface area contributed by atoms with E-state index in [0.717, 1.165) is 24.2 Å². The topological polar surface area (TPSA) is 58.6 Å². The van der Waals surface area contributed by atoms with Crippen molar-refractivity contribution in [2.75, 3.05) is 19.7 Å². The van der Waals surface area contributed by atoms with Crippen LogP contribution in [0.25, 0.3) is 11.1 Å². The molecule has 1 atom stereocenters. The lowest BCUT2D eigenvalue weighted by Crippen LogP contribution is -2.28. The molecule has 0 amide bonds. The summed E-state index contributed by atoms with van der Waals surface area (Å²) in [5, 5.41) is 9.63. The number of aliphatic hydroxyl groups excluding tert-OH is 1. The first-order chi connectivity index (χ1) is 9.20. The zero-order chi connectivity index (χ0) is 13.4. The number of hydrogen-bond acceptors (Lipinski definition) is 4. The Labute approximate surface area is 111 Å². The molecule has 1 N–H and O–H groups in total. The molecule has 0 radical (unpaired) electrons. The second-order valence-corrected chi connectivity index (χ2v) is 5.10. The van der Waals surface area contributed by atoms with E-state index in [-0.39, 0.29) is 18.4 Å². The van der Waals surface area contributed by atoms with E-state index in [1.54, 1.807) is 7.05 Å². The van der Waals surface area contributed by atoms with Crippen molar-refractivity contribution < 1.29 is 9.52 Å². The van der Waals surface area contributed by atoms with Gasteiger partial charge in [-0.05, 0) is 43.6 Å². The van der Waals surface area contributed by atoms with E-state index in [2.05, 4.69) is 4.90 Å². The maximum atomic E-state index is 11.5. The van der Waals surface area contributed by atoms with Gasteiger partial charge in [-0.25, -0.2) is 4.79 Å². The fraction of sp³-hybridized carbons (Fsp3) is 0.500. The molecule has 3 rings (SSSR count). The lowest BCUT2D eigenvalue weighted by atomic mass is 10.1. The van der Waals surface area contributed by atoms with E-state index in [1.165, 1.54) is 17.4 Å². The van der Waals surface area contributed by atoms with Crippen LogP contribution in [-0.2, 0) is 7.05 Å². The smallest absolute Gasteiger partial charge is 0.408 e. The third-order valence-electron chi connectivity index (χ3n) is 3.96. The maximum absolute atomic E-state index is 11.5. The zero-order valence-electron chi connectivity index (χ0n) is 11.0. The van der Waals surface area contributed by atoms with Crippen LogP contribution in [0.15, 0.2) is 27.4 Å². The molecule has 1 saturated heterocycles. The second kappa shape index (κ2) is 4.83. The van der Waals surface area contributed by atoms with Gasteiger partial charge >= 0.3 is 5.76 Å². The number of hydrogen-bond donors (Lipinski definition) is 1. The number of rotatable bonds is 3. The minimum Gasteiger partial charge on any atom is -0.408 e. The van der Waals surface area contributed by atoms with Gasteiger partial charge in [-0.2, -0.15) is 0 Å². The highest BCUT2D eigenvalue weighted by Gasteiger charge is 2.23. The highest BCUT2D eigenvalue weighted by atomic mass is 16.4. The molecule has 1 aromatic carbocycles. The van der Waals surface area contributed by atoms with E-state index in [9.17, 15) is 9.90 Å². The van der Waals surface area contributed by atoms with Gasteiger partial charge in [-0.3, -0.25) is 9.47 Å². The van der Waals surface area contributed by atoms with Gasteiger partial charge in [0.1, 0.15) is 0 Å². The van der Waals surface area contributed by atoms with Gasteiger partial charge in [0.25, 0.3) is 0 Å². The lowest BCUT2D eigenvalue weighted by Gasteiger charge is -2.25. The van der Waals surface area contributed by atoms with Crippen LogP contribution in [0.5, 0.6) is 0 Å². The monoisotopic (exact) mass is 262 g/mol. The molecule has 2 heterocycles. The molecule has 19 heavy (non-hydrogen) atoms. The number of aliphatic hydroxyl groups is 1. The van der Waals surface area contributed by atoms with Crippen LogP contribution < -0.4 is 5.76 Å². The van der Waals surface area contributed by atoms with Crippen LogP contribution >= 0.6 is 0 Å². The largest absolute Gasteiger partial charge is 0.419 e. The maximum Gasteiger partial charge on any atom is 0.419 e. The Morgan fingerprint density at radius 2 is 2.11 bits per heavy atom. The number of likely N-dealkylation sites (tertiary alicyclic amines) is 1. The molecule has 0 aliphatic carbocycles. The fourth-order valence-electron chi connectivity index (χ4n) is 2.84. The summed E-state index contributed by atoms with van der Waals surface area (Å²) in [4.78, 5) is 13.8. The van der Waals surface area contributed by atoms with Crippen molar-refractivity contribution in [2.45, 2.75) is 18.9 Å². The number of fused-ring (bicyclic) bond motifs is 1. The van der Waals surface area contributed by atoms with Gasteiger partial charge in [0, 0.05) is 7.05 Å². The van der Waals surface area contributed by atoms with Crippen LogP contribution in [0.1, 0.15) is 24.4 Å². The molecule has 1 aliphatic rings. The van der Waals surface area contributed by atoms with E-state index >= 15 is 0 Å². The Morgan fingerprint density at radius 1 is 1.37 bits per heavy atom. The molecule has 2 aromatic rings. The first-order valence-electron chi connectivity index (χ1n) is 6.65. The van der Waals surface area contributed by atoms with Crippen LogP contribution in [0.3, 0.4) is 0 Å². The van der Waals surface area contributed by atoms with Crippen molar-refractivity contribution in [2.24, 2.45) is 7.05 Å². The van der Waals surface area contributed by atoms with Gasteiger partial charge in [0.2, 0.25) is 0 Å². The van der Waals surface area contributed by atoms with Crippen molar-refractivity contribution in [3.05, 3.63) is 34.3 Å². The molecule has 1 fully saturated rings. The normalized spacial score (nSPS) is 18.2. The van der Waals surface area contributed by atoms with E-state index in [1.807, 2.05) is 18.2 Å². The number of nitrogens with zero attached hydrogens (tertiary/aromatic N) is 2. The third-order valence-corrected chi connectivity index (χ3v) is 3.96. The van der Waals surface area contributed by atoms with Crippen LogP contribution in [-0.4, -0.2) is 34.3 Å². The summed E-state index contributed by atoms with van der Waals surface area (Å²) in [6, 6.07) is 5.72. The Balaban J connectivity index is 2.01. The number of aromatic nitrogens is 1. The first-order valence-corrected chi connectivity index (χ1v) is 6.65. The minimum atomic E-state index is -0.353. The van der Waals surface area contributed by atoms with E-state index in [4.69, 9.17) is 4.42 Å². The highest BCUT2D eigenvalue weighted by molar-refractivity contribution is 5.73. The second-order valence-electron chi connectivity index (χ2n) is 5.10. The minimum absolute atomic E-state index is 0.00240. The standard InChI is InChI=1S/C14H18N2O3/c1-15-11-5-4-10(8-13(11)19-14(15)18)12(9-17)16-6-2-3-7-16/h4-5,8,12,17H,2-3,6-7,9H2,1H3. The molecule has 1 aliphatic heterocycles. The lowest BCUT2D eigenvalue weighted by molar-refractivity contribution is 0.147. The van der Waals surface area contributed by atoms with Crippen molar-refractivity contribution in [3.8, 4) is 0 Å². The summed E-state index contributed by atoms with van der Waals surface area (Å²) < 4.78 is 6.69. The molecule has 0 saturated carbocycles. The Bertz CT molecular complexity index is 638. The third kappa shape index (κ3) is 2.09. The molecular formula is C14H18N2O3. The molecular weight excluding hydrogens is 244 g/mol. The molecule has 5 heteroatoms. The van der Waals surface area contributed by atoms with Crippen LogP contribution in [0.4, 0.5) is 0 Å². The number of benzene rings is 1. The Morgan fingerprint density at radius 3 is 2.79 bits per heavy atom. The molecule has 1 aromatic heterocycles. The summed E-state index contributed by atoms with van der Waals surface area (Å²) in [6.07, 6.45) is 2.36. The SMILES string of the molecule is Cn1c(=O)oc2cc(C(CO)N3CCCC3)ccc21. The van der Waals surface area contributed by atoms with Crippen LogP contribution in [0.2, 0.25) is 0 Å². The van der Waals surface area contributed by atoms with Gasteiger partial charge in [0.15, 0.2) is 5.58 Å². The van der Waals surface area contributed by atoms with Gasteiger partial charge in [-0.1, -0.05) is 6.07 Å². The molecule has 5 nitrogen and oxygen atoms in total. The van der Waals surface area contributed by atoms with Gasteiger partial charge in [-0.15, -0.1) is 0 Å². The Kier molecular flexibility index (Phi) is 3.16. The van der Waals surface area contributed by atoms with E-state index < -0.39 is 0 Å². The zero-order valence-corrected chi connectivity index (χ0v) is 11.0. The molecule has 102 valence electrons. The molecule has 0 spiro atoms. The predicted molar refractivity (Wildman–Crippen MR) is 72.1 cm³/mol. The highest BCUT2D eigenvalue weighted by Crippen LogP contribution is 2.27. The van der Waals surface area contributed by atoms with Gasteiger partial charge < -0.3 is 9.52 Å². The van der Waals surface area contributed by atoms with Crippen LogP contribution in [0, 0.1) is 0 Å². The summed E-state index contributed by atoms with van der Waals surface area (Å²) >= 11 is 0. The average Bonchev–Trinajstić information content (AvgIpc) is 3.01. The molecule has 0 bridgehead atoms. The van der Waals surface area contributed by atoms with E-state index in [0.29, 0.717) is 5.58 Å². The van der Waals surface area contributed by atoms with Gasteiger partial charge in [0.05, 0.1) is 18.2 Å². The summed E-state index contributed by atoms with van der Waals surface area (Å²) in [5.41, 5.74) is 2.38. The average molecular weight is 262 g/mol. The predicted octanol–water partition coefficient (Wildman–Crippen LogP) is 1.26. The first kappa shape index (κ1) is 12.4. The Hall–Kier alpha value is -1.59.